The Hall–Kier alpha value is -1.98. The molecule has 5 heteroatoms. The minimum atomic E-state index is 0.147. The normalized spacial score (nSPS) is 22.0. The second-order valence-corrected chi connectivity index (χ2v) is 8.83. The topological polar surface area (TPSA) is 46.8 Å². The Morgan fingerprint density at radius 2 is 1.96 bits per heavy atom. The molecule has 1 aromatic carbocycles. The highest BCUT2D eigenvalue weighted by atomic mass is 16.5. The number of Topliss-reactive ketones (excluding diaryl/α,β-unsaturated/α-hetero) is 1. The van der Waals surface area contributed by atoms with Crippen LogP contribution in [0.2, 0.25) is 0 Å². The van der Waals surface area contributed by atoms with E-state index in [2.05, 4.69) is 29.4 Å². The highest BCUT2D eigenvalue weighted by molar-refractivity contribution is 6.22. The number of carbonyl (C=O) groups excluding carboxylic acids is 1. The van der Waals surface area contributed by atoms with E-state index in [0.717, 1.165) is 68.9 Å². The molecule has 142 valence electrons. The molecular weight excluding hydrogens is 338 g/mol. The molecule has 2 aliphatic heterocycles. The van der Waals surface area contributed by atoms with Crippen molar-refractivity contribution in [3.63, 3.8) is 0 Å². The van der Waals surface area contributed by atoms with Gasteiger partial charge in [0.1, 0.15) is 6.54 Å². The molecule has 1 aromatic heterocycles. The van der Waals surface area contributed by atoms with Gasteiger partial charge in [-0.25, -0.2) is 0 Å². The first kappa shape index (κ1) is 17.1. The quantitative estimate of drug-likeness (QED) is 0.840. The fourth-order valence-corrected chi connectivity index (χ4v) is 4.95. The summed E-state index contributed by atoms with van der Waals surface area (Å²) in [7, 11) is 0. The first-order valence-corrected chi connectivity index (χ1v) is 10.0. The maximum absolute atomic E-state index is 12.7. The van der Waals surface area contributed by atoms with Crippen LogP contribution in [0.25, 0.3) is 10.9 Å². The zero-order valence-corrected chi connectivity index (χ0v) is 16.3. The second-order valence-electron chi connectivity index (χ2n) is 8.83. The second kappa shape index (κ2) is 6.28. The average molecular weight is 365 g/mol. The Balaban J connectivity index is 1.65. The molecule has 0 amide bonds. The van der Waals surface area contributed by atoms with Gasteiger partial charge in [0.05, 0.1) is 13.2 Å². The van der Waals surface area contributed by atoms with E-state index < -0.39 is 0 Å². The molecule has 3 aliphatic rings. The van der Waals surface area contributed by atoms with Gasteiger partial charge in [0.2, 0.25) is 0 Å². The van der Waals surface area contributed by atoms with Crippen molar-refractivity contribution in [2.45, 2.75) is 33.2 Å². The summed E-state index contributed by atoms with van der Waals surface area (Å²) in [5.41, 5.74) is 5.99. The minimum absolute atomic E-state index is 0.147. The number of hydrogen-bond donors (Lipinski definition) is 0. The Kier molecular flexibility index (Phi) is 3.99. The minimum Gasteiger partial charge on any atom is -0.379 e. The van der Waals surface area contributed by atoms with Gasteiger partial charge in [0.25, 0.3) is 0 Å². The number of morpholine rings is 1. The number of aromatic nitrogens is 1. The number of nitrogens with zero attached hydrogens (tertiary/aromatic N) is 3. The van der Waals surface area contributed by atoms with Crippen LogP contribution in [-0.2, 0) is 17.7 Å². The van der Waals surface area contributed by atoms with Gasteiger partial charge in [-0.2, -0.15) is 0 Å². The van der Waals surface area contributed by atoms with Gasteiger partial charge < -0.3 is 9.30 Å². The third kappa shape index (κ3) is 2.84. The van der Waals surface area contributed by atoms with Crippen LogP contribution in [-0.4, -0.2) is 60.4 Å². The van der Waals surface area contributed by atoms with Gasteiger partial charge >= 0.3 is 0 Å². The maximum atomic E-state index is 12.7. The van der Waals surface area contributed by atoms with Gasteiger partial charge in [0.15, 0.2) is 5.78 Å². The van der Waals surface area contributed by atoms with Crippen molar-refractivity contribution in [1.82, 2.24) is 9.47 Å². The molecule has 0 radical (unpaired) electrons. The maximum Gasteiger partial charge on any atom is 0.184 e. The van der Waals surface area contributed by atoms with E-state index in [1.807, 2.05) is 12.1 Å². The summed E-state index contributed by atoms with van der Waals surface area (Å²) in [6.45, 7) is 10.5. The predicted octanol–water partition coefficient (Wildman–Crippen LogP) is 2.93. The lowest BCUT2D eigenvalue weighted by atomic mass is 9.75. The number of carbonyl (C=O) groups is 1. The van der Waals surface area contributed by atoms with Crippen LogP contribution in [0.1, 0.15) is 41.9 Å². The van der Waals surface area contributed by atoms with E-state index in [0.29, 0.717) is 0 Å². The highest BCUT2D eigenvalue weighted by Gasteiger charge is 2.36. The summed E-state index contributed by atoms with van der Waals surface area (Å²) < 4.78 is 7.96. The third-order valence-electron chi connectivity index (χ3n) is 6.24. The summed E-state index contributed by atoms with van der Waals surface area (Å²) in [6, 6.07) is 6.19. The summed E-state index contributed by atoms with van der Waals surface area (Å²) in [5.74, 6) is 0.147. The Labute approximate surface area is 160 Å². The molecule has 5 nitrogen and oxygen atoms in total. The van der Waals surface area contributed by atoms with Gasteiger partial charge in [-0.05, 0) is 24.3 Å². The van der Waals surface area contributed by atoms with Gasteiger partial charge in [-0.15, -0.1) is 0 Å². The SMILES string of the molecule is CC1(C)CC2=NCC(=O)c3cccc4c3c2c(n4CCN2CCOCC2)C1. The van der Waals surface area contributed by atoms with Crippen LogP contribution in [0, 0.1) is 5.41 Å². The summed E-state index contributed by atoms with van der Waals surface area (Å²) in [6.07, 6.45) is 1.98. The molecule has 1 aliphatic carbocycles. The monoisotopic (exact) mass is 365 g/mol. The molecule has 0 N–H and O–H groups in total. The van der Waals surface area contributed by atoms with Crippen molar-refractivity contribution < 1.29 is 9.53 Å². The zero-order chi connectivity index (χ0) is 18.6. The lowest BCUT2D eigenvalue weighted by Gasteiger charge is -2.32. The molecule has 0 spiro atoms. The zero-order valence-electron chi connectivity index (χ0n) is 16.3. The molecular formula is C22H27N3O2. The molecule has 0 bridgehead atoms. The molecule has 27 heavy (non-hydrogen) atoms. The standard InChI is InChI=1S/C22H27N3O2/c1-22(2)12-16-21-18(13-22)25(7-6-24-8-10-27-11-9-24)17-5-3-4-15(20(17)21)19(26)14-23-16/h3-5H,6-14H2,1-2H3. The van der Waals surface area contributed by atoms with Crippen LogP contribution >= 0.6 is 0 Å². The van der Waals surface area contributed by atoms with Gasteiger partial charge in [-0.3, -0.25) is 14.7 Å². The Morgan fingerprint density at radius 3 is 2.78 bits per heavy atom. The number of hydrogen-bond acceptors (Lipinski definition) is 4. The fraction of sp³-hybridized carbons (Fsp3) is 0.545. The van der Waals surface area contributed by atoms with Crippen molar-refractivity contribution in [2.75, 3.05) is 39.4 Å². The molecule has 0 unspecified atom stereocenters. The largest absolute Gasteiger partial charge is 0.379 e. The van der Waals surface area contributed by atoms with Gasteiger partial charge in [0, 0.05) is 59.6 Å². The lowest BCUT2D eigenvalue weighted by molar-refractivity contribution is 0.0364. The smallest absolute Gasteiger partial charge is 0.184 e. The van der Waals surface area contributed by atoms with E-state index in [4.69, 9.17) is 9.73 Å². The van der Waals surface area contributed by atoms with Gasteiger partial charge in [-0.1, -0.05) is 26.0 Å². The molecule has 1 saturated heterocycles. The fourth-order valence-electron chi connectivity index (χ4n) is 4.95. The van der Waals surface area contributed by atoms with E-state index in [-0.39, 0.29) is 17.7 Å². The van der Waals surface area contributed by atoms with Crippen LogP contribution in [0.3, 0.4) is 0 Å². The highest BCUT2D eigenvalue weighted by Crippen LogP contribution is 2.42. The number of ketones is 1. The van der Waals surface area contributed by atoms with Crippen LogP contribution in [0.15, 0.2) is 23.2 Å². The molecule has 0 saturated carbocycles. The summed E-state index contributed by atoms with van der Waals surface area (Å²) >= 11 is 0. The van der Waals surface area contributed by atoms with E-state index in [1.54, 1.807) is 0 Å². The van der Waals surface area contributed by atoms with Crippen molar-refractivity contribution >= 4 is 22.4 Å². The predicted molar refractivity (Wildman–Crippen MR) is 107 cm³/mol. The number of ether oxygens (including phenoxy) is 1. The molecule has 0 atom stereocenters. The average Bonchev–Trinajstić information content (AvgIpc) is 2.89. The van der Waals surface area contributed by atoms with E-state index >= 15 is 0 Å². The van der Waals surface area contributed by atoms with Crippen molar-refractivity contribution in [3.05, 3.63) is 35.0 Å². The summed E-state index contributed by atoms with van der Waals surface area (Å²) in [4.78, 5) is 20.0. The van der Waals surface area contributed by atoms with Crippen molar-refractivity contribution in [1.29, 1.82) is 0 Å². The lowest BCUT2D eigenvalue weighted by Crippen LogP contribution is -2.38. The molecule has 2 aromatic rings. The Bertz CT molecular complexity index is 948. The molecule has 5 rings (SSSR count). The van der Waals surface area contributed by atoms with E-state index in [1.165, 1.54) is 16.8 Å². The van der Waals surface area contributed by atoms with Crippen LogP contribution in [0.4, 0.5) is 0 Å². The summed E-state index contributed by atoms with van der Waals surface area (Å²) in [5, 5.41) is 1.14. The van der Waals surface area contributed by atoms with Crippen molar-refractivity contribution in [3.8, 4) is 0 Å². The third-order valence-corrected chi connectivity index (χ3v) is 6.24. The first-order valence-electron chi connectivity index (χ1n) is 10.0. The van der Waals surface area contributed by atoms with E-state index in [9.17, 15) is 4.79 Å². The number of rotatable bonds is 3. The van der Waals surface area contributed by atoms with Crippen LogP contribution < -0.4 is 0 Å². The van der Waals surface area contributed by atoms with Crippen molar-refractivity contribution in [2.24, 2.45) is 10.4 Å². The first-order chi connectivity index (χ1) is 13.0. The Morgan fingerprint density at radius 1 is 1.15 bits per heavy atom. The number of benzene rings is 1. The number of aliphatic imine (C=N–C) groups is 1. The molecule has 1 fully saturated rings. The molecule has 3 heterocycles. The van der Waals surface area contributed by atoms with Crippen LogP contribution in [0.5, 0.6) is 0 Å².